The molecule has 1 heterocycles. The van der Waals surface area contributed by atoms with Gasteiger partial charge in [0.15, 0.2) is 5.84 Å². The molecule has 5 nitrogen and oxygen atoms in total. The highest BCUT2D eigenvalue weighted by atomic mass is 16.5. The summed E-state index contributed by atoms with van der Waals surface area (Å²) >= 11 is 0. The number of rotatable bonds is 10. The number of ether oxygens (including phenoxy) is 1. The fraction of sp³-hybridized carbons (Fsp3) is 0.406. The van der Waals surface area contributed by atoms with Crippen molar-refractivity contribution in [3.05, 3.63) is 107 Å². The highest BCUT2D eigenvalue weighted by molar-refractivity contribution is 5.96. The fourth-order valence-corrected chi connectivity index (χ4v) is 5.90. The molecular formula is C32H40N4O. The number of hydrogen-bond donors (Lipinski definition) is 2. The number of benzene rings is 3. The summed E-state index contributed by atoms with van der Waals surface area (Å²) in [5.74, 6) is -0.00611. The van der Waals surface area contributed by atoms with E-state index in [0.29, 0.717) is 12.2 Å². The van der Waals surface area contributed by atoms with E-state index in [2.05, 4.69) is 104 Å². The Morgan fingerprint density at radius 2 is 1.54 bits per heavy atom. The van der Waals surface area contributed by atoms with Crippen LogP contribution in [0.2, 0.25) is 0 Å². The van der Waals surface area contributed by atoms with Gasteiger partial charge in [-0.15, -0.1) is 5.11 Å². The second-order valence-electron chi connectivity index (χ2n) is 10.7. The highest BCUT2D eigenvalue weighted by Crippen LogP contribution is 2.50. The van der Waals surface area contributed by atoms with Gasteiger partial charge < -0.3 is 4.74 Å². The molecule has 5 heteroatoms. The van der Waals surface area contributed by atoms with Crippen molar-refractivity contribution in [2.75, 3.05) is 19.7 Å². The van der Waals surface area contributed by atoms with Gasteiger partial charge in [-0.3, -0.25) is 10.3 Å². The van der Waals surface area contributed by atoms with Crippen molar-refractivity contribution in [3.63, 3.8) is 0 Å². The second-order valence-corrected chi connectivity index (χ2v) is 10.7. The highest BCUT2D eigenvalue weighted by Gasteiger charge is 2.45. The Morgan fingerprint density at radius 3 is 2.11 bits per heavy atom. The fourth-order valence-electron chi connectivity index (χ4n) is 5.90. The van der Waals surface area contributed by atoms with E-state index in [9.17, 15) is 0 Å². The Labute approximate surface area is 221 Å². The Balaban J connectivity index is 1.58. The van der Waals surface area contributed by atoms with Crippen molar-refractivity contribution in [1.82, 2.24) is 4.90 Å². The van der Waals surface area contributed by atoms with Crippen molar-refractivity contribution >= 4 is 5.84 Å². The monoisotopic (exact) mass is 496 g/mol. The lowest BCUT2D eigenvalue weighted by Gasteiger charge is -2.51. The largest absolute Gasteiger partial charge is 0.373 e. The molecule has 1 saturated heterocycles. The van der Waals surface area contributed by atoms with E-state index in [-0.39, 0.29) is 22.9 Å². The van der Waals surface area contributed by atoms with Crippen molar-refractivity contribution in [3.8, 4) is 0 Å². The van der Waals surface area contributed by atoms with E-state index in [4.69, 9.17) is 15.7 Å². The zero-order valence-electron chi connectivity index (χ0n) is 22.4. The maximum absolute atomic E-state index is 7.81. The van der Waals surface area contributed by atoms with Gasteiger partial charge in [0.1, 0.15) is 0 Å². The molecule has 1 aliphatic rings. The Hall–Kier alpha value is -3.15. The molecular weight excluding hydrogens is 456 g/mol. The van der Waals surface area contributed by atoms with Crippen LogP contribution in [-0.2, 0) is 16.7 Å². The van der Waals surface area contributed by atoms with Gasteiger partial charge in [-0.05, 0) is 76.2 Å². The normalized spacial score (nSPS) is 16.7. The number of likely N-dealkylation sites (tertiary alicyclic amines) is 1. The van der Waals surface area contributed by atoms with Crippen molar-refractivity contribution in [2.24, 2.45) is 10.5 Å². The lowest BCUT2D eigenvalue weighted by molar-refractivity contribution is -0.0862. The minimum absolute atomic E-state index is 0.00611. The molecule has 2 N–H and O–H groups in total. The summed E-state index contributed by atoms with van der Waals surface area (Å²) in [6.07, 6.45) is 4.37. The first kappa shape index (κ1) is 26.9. The molecule has 3 aromatic carbocycles. The molecule has 0 radical (unpaired) electrons. The molecule has 194 valence electrons. The van der Waals surface area contributed by atoms with Crippen LogP contribution < -0.4 is 0 Å². The molecule has 0 spiro atoms. The van der Waals surface area contributed by atoms with Crippen LogP contribution >= 0.6 is 0 Å². The van der Waals surface area contributed by atoms with E-state index in [1.807, 2.05) is 12.1 Å². The van der Waals surface area contributed by atoms with E-state index in [1.54, 1.807) is 0 Å². The van der Waals surface area contributed by atoms with Gasteiger partial charge >= 0.3 is 0 Å². The van der Waals surface area contributed by atoms with Crippen LogP contribution in [0.4, 0.5) is 0 Å². The van der Waals surface area contributed by atoms with E-state index in [0.717, 1.165) is 38.8 Å². The van der Waals surface area contributed by atoms with E-state index < -0.39 is 0 Å². The van der Waals surface area contributed by atoms with Crippen LogP contribution in [0.3, 0.4) is 0 Å². The molecule has 4 rings (SSSR count). The first-order chi connectivity index (χ1) is 17.9. The second kappa shape index (κ2) is 11.9. The third kappa shape index (κ3) is 6.06. The first-order valence-corrected chi connectivity index (χ1v) is 13.4. The third-order valence-electron chi connectivity index (χ3n) is 8.27. The molecule has 0 aliphatic carbocycles. The summed E-state index contributed by atoms with van der Waals surface area (Å²) in [6.45, 7) is 9.38. The van der Waals surface area contributed by atoms with Gasteiger partial charge in [0, 0.05) is 23.1 Å². The van der Waals surface area contributed by atoms with E-state index >= 15 is 0 Å². The average molecular weight is 497 g/mol. The Kier molecular flexibility index (Phi) is 8.67. The summed E-state index contributed by atoms with van der Waals surface area (Å²) in [4.78, 5) is 2.59. The number of hydrogen-bond acceptors (Lipinski definition) is 4. The number of nitrogens with one attached hydrogen (secondary N) is 2. The maximum atomic E-state index is 7.81. The van der Waals surface area contributed by atoms with Crippen molar-refractivity contribution in [1.29, 1.82) is 10.9 Å². The van der Waals surface area contributed by atoms with Gasteiger partial charge in [-0.25, -0.2) is 5.53 Å². The minimum Gasteiger partial charge on any atom is -0.373 e. The molecule has 37 heavy (non-hydrogen) atoms. The smallest absolute Gasteiger partial charge is 0.173 e. The predicted molar refractivity (Wildman–Crippen MR) is 150 cm³/mol. The van der Waals surface area contributed by atoms with Crippen LogP contribution in [0.1, 0.15) is 68.4 Å². The average Bonchev–Trinajstić information content (AvgIpc) is 2.95. The Morgan fingerprint density at radius 1 is 0.946 bits per heavy atom. The topological polar surface area (TPSA) is 72.5 Å². The van der Waals surface area contributed by atoms with Gasteiger partial charge in [0.05, 0.1) is 6.10 Å². The SMILES string of the molecule is CCOC(c1ccccc1)C1(CCc2ccccc2)CCN(C(C)(C)c2ccc(C(=N)N=N)cc2)CC1. The first-order valence-electron chi connectivity index (χ1n) is 13.4. The molecule has 0 amide bonds. The van der Waals surface area contributed by atoms with Crippen LogP contribution in [0, 0.1) is 16.4 Å². The summed E-state index contributed by atoms with van der Waals surface area (Å²) in [5, 5.41) is 11.1. The van der Waals surface area contributed by atoms with Crippen LogP contribution in [0.15, 0.2) is 90.0 Å². The molecule has 0 saturated carbocycles. The van der Waals surface area contributed by atoms with Crippen molar-refractivity contribution < 1.29 is 4.74 Å². The van der Waals surface area contributed by atoms with E-state index in [1.165, 1.54) is 16.7 Å². The quantitative estimate of drug-likeness (QED) is 0.171. The van der Waals surface area contributed by atoms with Crippen molar-refractivity contribution in [2.45, 2.75) is 58.1 Å². The number of piperidine rings is 1. The lowest BCUT2D eigenvalue weighted by Crippen LogP contribution is -2.50. The minimum atomic E-state index is -0.141. The van der Waals surface area contributed by atoms with Gasteiger partial charge in [-0.2, -0.15) is 0 Å². The summed E-state index contributed by atoms with van der Waals surface area (Å²) < 4.78 is 6.55. The lowest BCUT2D eigenvalue weighted by atomic mass is 9.67. The summed E-state index contributed by atoms with van der Waals surface area (Å²) in [7, 11) is 0. The molecule has 1 atom stereocenters. The van der Waals surface area contributed by atoms with Gasteiger partial charge in [0.2, 0.25) is 0 Å². The maximum Gasteiger partial charge on any atom is 0.173 e. The molecule has 3 aromatic rings. The third-order valence-corrected chi connectivity index (χ3v) is 8.27. The summed E-state index contributed by atoms with van der Waals surface area (Å²) in [6, 6.07) is 29.6. The molecule has 1 unspecified atom stereocenters. The Bertz CT molecular complexity index is 1150. The molecule has 0 aromatic heterocycles. The zero-order valence-corrected chi connectivity index (χ0v) is 22.4. The van der Waals surface area contributed by atoms with Gasteiger partial charge in [0.25, 0.3) is 0 Å². The number of amidine groups is 1. The molecule has 1 fully saturated rings. The molecule has 1 aliphatic heterocycles. The standard InChI is InChI=1S/C32H40N4O/c1-4-37-29(26-13-9-6-10-14-26)32(20-19-25-11-7-5-8-12-25)21-23-36(24-22-32)31(2,3)28-17-15-27(16-18-28)30(33)35-34/h5-18,29,33-34H,4,19-24H2,1-3H3. The van der Waals surface area contributed by atoms with Crippen LogP contribution in [0.25, 0.3) is 0 Å². The number of aryl methyl sites for hydroxylation is 1. The predicted octanol–water partition coefficient (Wildman–Crippen LogP) is 7.77. The van der Waals surface area contributed by atoms with Gasteiger partial charge in [-0.1, -0.05) is 84.9 Å². The van der Waals surface area contributed by atoms with Crippen LogP contribution in [-0.4, -0.2) is 30.4 Å². The zero-order chi connectivity index (χ0) is 26.3. The van der Waals surface area contributed by atoms with Crippen LogP contribution in [0.5, 0.6) is 0 Å². The summed E-state index contributed by atoms with van der Waals surface area (Å²) in [5.41, 5.74) is 11.6. The number of nitrogens with zero attached hydrogens (tertiary/aromatic N) is 2. The molecule has 0 bridgehead atoms.